The first kappa shape index (κ1) is 19.2. The minimum atomic E-state index is -1.13. The first-order valence-electron chi connectivity index (χ1n) is 9.73. The monoisotopic (exact) mass is 425 g/mol. The third-order valence-electron chi connectivity index (χ3n) is 5.32. The van der Waals surface area contributed by atoms with E-state index in [0.717, 1.165) is 18.1 Å². The molecule has 0 fully saturated rings. The average Bonchev–Trinajstić information content (AvgIpc) is 3.30. The number of aromatic nitrogens is 3. The maximum atomic E-state index is 14.0. The normalized spacial score (nSPS) is 19.6. The van der Waals surface area contributed by atoms with Crippen LogP contribution < -0.4 is 15.4 Å². The topological polar surface area (TPSA) is 98.1 Å². The number of rotatable bonds is 3. The molecule has 2 aliphatic heterocycles. The van der Waals surface area contributed by atoms with E-state index in [2.05, 4.69) is 20.7 Å². The van der Waals surface area contributed by atoms with E-state index >= 15 is 0 Å². The van der Waals surface area contributed by atoms with Crippen molar-refractivity contribution >= 4 is 17.5 Å². The van der Waals surface area contributed by atoms with Crippen LogP contribution >= 0.6 is 0 Å². The van der Waals surface area contributed by atoms with Crippen molar-refractivity contribution in [3.63, 3.8) is 0 Å². The Balaban J connectivity index is 1.32. The summed E-state index contributed by atoms with van der Waals surface area (Å²) in [5.74, 6) is -2.67. The summed E-state index contributed by atoms with van der Waals surface area (Å²) in [6.45, 7) is -0.298. The highest BCUT2D eigenvalue weighted by molar-refractivity contribution is 6.01. The zero-order valence-corrected chi connectivity index (χ0v) is 16.1. The molecule has 2 aromatic carbocycles. The molecule has 0 aliphatic carbocycles. The predicted octanol–water partition coefficient (Wildman–Crippen LogP) is 2.22. The Morgan fingerprint density at radius 2 is 2.03 bits per heavy atom. The van der Waals surface area contributed by atoms with Gasteiger partial charge in [-0.1, -0.05) is 30.3 Å². The van der Waals surface area contributed by atoms with Gasteiger partial charge in [0.2, 0.25) is 5.82 Å². The number of hydrogen-bond donors (Lipinski definition) is 2. The Morgan fingerprint density at radius 1 is 1.23 bits per heavy atom. The third-order valence-corrected chi connectivity index (χ3v) is 5.32. The first-order valence-corrected chi connectivity index (χ1v) is 9.73. The van der Waals surface area contributed by atoms with Gasteiger partial charge in [0.1, 0.15) is 35.7 Å². The predicted molar refractivity (Wildman–Crippen MR) is 105 cm³/mol. The van der Waals surface area contributed by atoms with Crippen molar-refractivity contribution in [3.8, 4) is 5.75 Å². The van der Waals surface area contributed by atoms with Gasteiger partial charge in [0.05, 0.1) is 6.04 Å². The van der Waals surface area contributed by atoms with Crippen LogP contribution in [0.4, 0.5) is 14.5 Å². The summed E-state index contributed by atoms with van der Waals surface area (Å²) in [4.78, 5) is 29.4. The lowest BCUT2D eigenvalue weighted by Crippen LogP contribution is -2.46. The maximum Gasteiger partial charge on any atom is 0.291 e. The minimum Gasteiger partial charge on any atom is -0.488 e. The van der Waals surface area contributed by atoms with Crippen LogP contribution in [0.25, 0.3) is 0 Å². The molecule has 3 aromatic rings. The van der Waals surface area contributed by atoms with Crippen molar-refractivity contribution in [1.29, 1.82) is 0 Å². The number of ether oxygens (including phenoxy) is 1. The molecule has 2 aliphatic rings. The molecule has 0 radical (unpaired) electrons. The molecule has 2 atom stereocenters. The Bertz CT molecular complexity index is 1180. The van der Waals surface area contributed by atoms with Crippen LogP contribution in [0.1, 0.15) is 34.5 Å². The molecule has 1 aromatic heterocycles. The number of nitrogens with one attached hydrogen (secondary N) is 2. The Hall–Kier alpha value is -3.82. The fourth-order valence-electron chi connectivity index (χ4n) is 3.82. The molecule has 3 heterocycles. The molecule has 5 rings (SSSR count). The van der Waals surface area contributed by atoms with E-state index in [4.69, 9.17) is 4.74 Å². The lowest BCUT2D eigenvalue weighted by Gasteiger charge is -2.14. The average molecular weight is 425 g/mol. The number of benzene rings is 2. The van der Waals surface area contributed by atoms with Gasteiger partial charge in [-0.15, -0.1) is 5.10 Å². The van der Waals surface area contributed by atoms with Crippen LogP contribution in [-0.4, -0.2) is 39.2 Å². The number of amides is 2. The van der Waals surface area contributed by atoms with E-state index in [1.165, 1.54) is 0 Å². The molecule has 158 valence electrons. The van der Waals surface area contributed by atoms with Crippen molar-refractivity contribution in [2.24, 2.45) is 0 Å². The van der Waals surface area contributed by atoms with Crippen molar-refractivity contribution in [1.82, 2.24) is 20.1 Å². The van der Waals surface area contributed by atoms with Gasteiger partial charge >= 0.3 is 0 Å². The second-order valence-corrected chi connectivity index (χ2v) is 7.35. The smallest absolute Gasteiger partial charge is 0.291 e. The summed E-state index contributed by atoms with van der Waals surface area (Å²) in [5.41, 5.74) is 0.801. The fourth-order valence-corrected chi connectivity index (χ4v) is 3.82. The number of anilines is 1. The summed E-state index contributed by atoms with van der Waals surface area (Å²) in [6.07, 6.45) is 1.51. The number of nitrogens with zero attached hydrogens (tertiary/aromatic N) is 3. The highest BCUT2D eigenvalue weighted by Crippen LogP contribution is 2.32. The van der Waals surface area contributed by atoms with Gasteiger partial charge < -0.3 is 15.4 Å². The Labute approximate surface area is 175 Å². The number of hydrogen-bond acceptors (Lipinski definition) is 5. The first-order chi connectivity index (χ1) is 15.0. The van der Waals surface area contributed by atoms with Crippen molar-refractivity contribution in [2.45, 2.75) is 24.9 Å². The number of carbonyl (C=O) groups is 2. The third kappa shape index (κ3) is 3.49. The quantitative estimate of drug-likeness (QED) is 0.671. The summed E-state index contributed by atoms with van der Waals surface area (Å²) >= 11 is 0. The SMILES string of the molecule is O=C(N[C@H]1COc2cc(F)cc(F)c2NC1=O)c1nc2n(n1)[C@H](c1ccccc1)CC2. The molecule has 0 unspecified atom stereocenters. The molecular formula is C21H17F2N5O3. The number of carbonyl (C=O) groups excluding carboxylic acids is 2. The summed E-state index contributed by atoms with van der Waals surface area (Å²) in [6, 6.07) is 10.3. The van der Waals surface area contributed by atoms with E-state index in [0.29, 0.717) is 18.3 Å². The second-order valence-electron chi connectivity index (χ2n) is 7.35. The second kappa shape index (κ2) is 7.46. The molecule has 2 N–H and O–H groups in total. The highest BCUT2D eigenvalue weighted by Gasteiger charge is 2.32. The van der Waals surface area contributed by atoms with Crippen LogP contribution in [0.3, 0.4) is 0 Å². The van der Waals surface area contributed by atoms with E-state index in [9.17, 15) is 18.4 Å². The number of halogens is 2. The van der Waals surface area contributed by atoms with Crippen molar-refractivity contribution < 1.29 is 23.1 Å². The van der Waals surface area contributed by atoms with E-state index in [-0.39, 0.29) is 29.9 Å². The van der Waals surface area contributed by atoms with Gasteiger partial charge in [-0.3, -0.25) is 9.59 Å². The van der Waals surface area contributed by atoms with Gasteiger partial charge in [-0.05, 0) is 12.0 Å². The molecule has 2 amide bonds. The minimum absolute atomic E-state index is 0.0119. The molecule has 0 bridgehead atoms. The van der Waals surface area contributed by atoms with Crippen LogP contribution in [0.15, 0.2) is 42.5 Å². The summed E-state index contributed by atoms with van der Waals surface area (Å²) in [5, 5.41) is 9.17. The zero-order chi connectivity index (χ0) is 21.5. The molecule has 0 saturated carbocycles. The fraction of sp³-hybridized carbons (Fsp3) is 0.238. The van der Waals surface area contributed by atoms with E-state index < -0.39 is 29.5 Å². The largest absolute Gasteiger partial charge is 0.488 e. The van der Waals surface area contributed by atoms with Crippen LogP contribution in [0.5, 0.6) is 5.75 Å². The maximum absolute atomic E-state index is 14.0. The van der Waals surface area contributed by atoms with Gasteiger partial charge in [0.15, 0.2) is 5.82 Å². The number of aryl methyl sites for hydroxylation is 1. The summed E-state index contributed by atoms with van der Waals surface area (Å²) < 4.78 is 34.5. The standard InChI is InChI=1S/C21H17F2N5O3/c22-12-8-13(23)18-16(9-12)31-10-14(20(29)26-18)24-21(30)19-25-17-7-6-15(28(17)27-19)11-4-2-1-3-5-11/h1-5,8-9,14-15H,6-7,10H2,(H,24,30)(H,26,29)/t14-,15-/m0/s1. The van der Waals surface area contributed by atoms with Crippen molar-refractivity contribution in [3.05, 3.63) is 71.3 Å². The lowest BCUT2D eigenvalue weighted by atomic mass is 10.1. The summed E-state index contributed by atoms with van der Waals surface area (Å²) in [7, 11) is 0. The van der Waals surface area contributed by atoms with Crippen LogP contribution in [0.2, 0.25) is 0 Å². The zero-order valence-electron chi connectivity index (χ0n) is 16.1. The van der Waals surface area contributed by atoms with Gasteiger partial charge in [0, 0.05) is 18.6 Å². The molecule has 0 saturated heterocycles. The van der Waals surface area contributed by atoms with E-state index in [1.807, 2.05) is 30.3 Å². The molecular weight excluding hydrogens is 408 g/mol. The molecule has 31 heavy (non-hydrogen) atoms. The molecule has 8 nitrogen and oxygen atoms in total. The van der Waals surface area contributed by atoms with Gasteiger partial charge in [0.25, 0.3) is 11.8 Å². The van der Waals surface area contributed by atoms with Gasteiger partial charge in [-0.2, -0.15) is 0 Å². The van der Waals surface area contributed by atoms with Crippen LogP contribution in [0, 0.1) is 11.6 Å². The van der Waals surface area contributed by atoms with Crippen LogP contribution in [-0.2, 0) is 11.2 Å². The highest BCUT2D eigenvalue weighted by atomic mass is 19.1. The molecule has 0 spiro atoms. The number of fused-ring (bicyclic) bond motifs is 2. The van der Waals surface area contributed by atoms with E-state index in [1.54, 1.807) is 4.68 Å². The van der Waals surface area contributed by atoms with Crippen molar-refractivity contribution in [2.75, 3.05) is 11.9 Å². The molecule has 10 heteroatoms. The Kier molecular flexibility index (Phi) is 4.61. The Morgan fingerprint density at radius 3 is 2.84 bits per heavy atom. The van der Waals surface area contributed by atoms with Gasteiger partial charge in [-0.25, -0.2) is 18.4 Å². The lowest BCUT2D eigenvalue weighted by molar-refractivity contribution is -0.118.